The van der Waals surface area contributed by atoms with E-state index in [1.165, 1.54) is 24.5 Å². The van der Waals surface area contributed by atoms with Crippen LogP contribution in [0.1, 0.15) is 28.4 Å². The van der Waals surface area contributed by atoms with E-state index in [0.717, 1.165) is 5.56 Å². The molecule has 0 fully saturated rings. The number of aromatic nitrogens is 1. The number of nitro groups is 1. The molecule has 0 aliphatic heterocycles. The SMILES string of the molecule is CCOc1cc(C=NNC(=O)c2cccnc2Cl)c(Br)cc1OCc1ccc([N+](=O)[O-])cc1. The molecule has 0 saturated heterocycles. The van der Waals surface area contributed by atoms with Crippen LogP contribution in [-0.2, 0) is 6.61 Å². The Morgan fingerprint density at radius 2 is 1.97 bits per heavy atom. The fraction of sp³-hybridized carbons (Fsp3) is 0.136. The van der Waals surface area contributed by atoms with Crippen LogP contribution in [0.25, 0.3) is 0 Å². The number of hydrazone groups is 1. The molecule has 9 nitrogen and oxygen atoms in total. The van der Waals surface area contributed by atoms with Gasteiger partial charge in [0.05, 0.1) is 23.3 Å². The largest absolute Gasteiger partial charge is 0.490 e. The summed E-state index contributed by atoms with van der Waals surface area (Å²) in [6, 6.07) is 12.7. The lowest BCUT2D eigenvalue weighted by atomic mass is 10.2. The summed E-state index contributed by atoms with van der Waals surface area (Å²) < 4.78 is 12.2. The van der Waals surface area contributed by atoms with Crippen LogP contribution in [0.15, 0.2) is 64.3 Å². The lowest BCUT2D eigenvalue weighted by Crippen LogP contribution is -2.18. The van der Waals surface area contributed by atoms with E-state index >= 15 is 0 Å². The molecule has 0 unspecified atom stereocenters. The van der Waals surface area contributed by atoms with Crippen molar-refractivity contribution in [3.63, 3.8) is 0 Å². The molecule has 1 N–H and O–H groups in total. The van der Waals surface area contributed by atoms with Crippen molar-refractivity contribution in [2.45, 2.75) is 13.5 Å². The predicted molar refractivity (Wildman–Crippen MR) is 127 cm³/mol. The number of pyridine rings is 1. The van der Waals surface area contributed by atoms with Gasteiger partial charge >= 0.3 is 0 Å². The first-order chi connectivity index (χ1) is 15.9. The van der Waals surface area contributed by atoms with E-state index in [4.69, 9.17) is 21.1 Å². The highest BCUT2D eigenvalue weighted by molar-refractivity contribution is 9.10. The smallest absolute Gasteiger partial charge is 0.274 e. The maximum Gasteiger partial charge on any atom is 0.274 e. The Hall–Kier alpha value is -3.50. The van der Waals surface area contributed by atoms with E-state index in [1.54, 1.807) is 36.4 Å². The van der Waals surface area contributed by atoms with Gasteiger partial charge in [-0.2, -0.15) is 5.10 Å². The highest BCUT2D eigenvalue weighted by Crippen LogP contribution is 2.34. The number of carbonyl (C=O) groups is 1. The summed E-state index contributed by atoms with van der Waals surface area (Å²) in [5.41, 5.74) is 4.03. The molecule has 33 heavy (non-hydrogen) atoms. The maximum absolute atomic E-state index is 12.2. The Balaban J connectivity index is 1.72. The van der Waals surface area contributed by atoms with Crippen molar-refractivity contribution in [2.75, 3.05) is 6.61 Å². The van der Waals surface area contributed by atoms with E-state index in [-0.39, 0.29) is 23.0 Å². The third kappa shape index (κ3) is 6.50. The molecule has 1 heterocycles. The van der Waals surface area contributed by atoms with Crippen LogP contribution in [0.3, 0.4) is 0 Å². The van der Waals surface area contributed by atoms with Gasteiger partial charge in [0.2, 0.25) is 0 Å². The number of hydrogen-bond donors (Lipinski definition) is 1. The number of carbonyl (C=O) groups excluding carboxylic acids is 1. The van der Waals surface area contributed by atoms with E-state index in [0.29, 0.717) is 28.1 Å². The van der Waals surface area contributed by atoms with E-state index in [1.807, 2.05) is 6.92 Å². The van der Waals surface area contributed by atoms with Crippen molar-refractivity contribution in [3.8, 4) is 11.5 Å². The number of nitro benzene ring substituents is 1. The van der Waals surface area contributed by atoms with Gasteiger partial charge in [-0.3, -0.25) is 14.9 Å². The minimum Gasteiger partial charge on any atom is -0.490 e. The van der Waals surface area contributed by atoms with E-state index < -0.39 is 10.8 Å². The minimum absolute atomic E-state index is 0.0121. The molecule has 0 radical (unpaired) electrons. The van der Waals surface area contributed by atoms with Crippen molar-refractivity contribution < 1.29 is 19.2 Å². The number of amides is 1. The van der Waals surface area contributed by atoms with E-state index in [9.17, 15) is 14.9 Å². The fourth-order valence-corrected chi connectivity index (χ4v) is 3.31. The van der Waals surface area contributed by atoms with Gasteiger partial charge in [0.1, 0.15) is 11.8 Å². The van der Waals surface area contributed by atoms with Crippen LogP contribution in [0.5, 0.6) is 11.5 Å². The van der Waals surface area contributed by atoms with Crippen molar-refractivity contribution in [2.24, 2.45) is 5.10 Å². The standard InChI is InChI=1S/C22H18BrClN4O5/c1-2-32-19-10-15(12-26-27-22(29)17-4-3-9-25-21(17)24)18(23)11-20(19)33-13-14-5-7-16(8-6-14)28(30)31/h3-12H,2,13H2,1H3,(H,27,29). The molecule has 0 bridgehead atoms. The Kier molecular flexibility index (Phi) is 8.34. The Bertz CT molecular complexity index is 1190. The molecule has 170 valence electrons. The summed E-state index contributed by atoms with van der Waals surface area (Å²) in [4.78, 5) is 26.4. The predicted octanol–water partition coefficient (Wildman–Crippen LogP) is 5.15. The maximum atomic E-state index is 12.2. The fourth-order valence-electron chi connectivity index (χ4n) is 2.68. The quantitative estimate of drug-likeness (QED) is 0.176. The van der Waals surface area contributed by atoms with Gasteiger partial charge in [0, 0.05) is 28.4 Å². The van der Waals surface area contributed by atoms with Gasteiger partial charge in [0.25, 0.3) is 11.6 Å². The first kappa shape index (κ1) is 24.1. The highest BCUT2D eigenvalue weighted by atomic mass is 79.9. The van der Waals surface area contributed by atoms with Gasteiger partial charge in [-0.25, -0.2) is 10.4 Å². The molecule has 0 saturated carbocycles. The number of nitrogens with zero attached hydrogens (tertiary/aromatic N) is 3. The number of hydrogen-bond acceptors (Lipinski definition) is 7. The Morgan fingerprint density at radius 1 is 1.24 bits per heavy atom. The lowest BCUT2D eigenvalue weighted by Gasteiger charge is -2.14. The van der Waals surface area contributed by atoms with Gasteiger partial charge in [-0.1, -0.05) is 11.6 Å². The Labute approximate surface area is 202 Å². The molecule has 1 amide bonds. The topological polar surface area (TPSA) is 116 Å². The van der Waals surface area contributed by atoms with Gasteiger partial charge in [-0.05, 0) is 64.8 Å². The van der Waals surface area contributed by atoms with Crippen LogP contribution in [0.4, 0.5) is 5.69 Å². The zero-order valence-electron chi connectivity index (χ0n) is 17.3. The summed E-state index contributed by atoms with van der Waals surface area (Å²) in [7, 11) is 0. The number of benzene rings is 2. The van der Waals surface area contributed by atoms with Gasteiger partial charge in [-0.15, -0.1) is 0 Å². The van der Waals surface area contributed by atoms with Gasteiger partial charge in [0.15, 0.2) is 11.5 Å². The van der Waals surface area contributed by atoms with Gasteiger partial charge < -0.3 is 9.47 Å². The molecule has 1 aromatic heterocycles. The van der Waals surface area contributed by atoms with Crippen LogP contribution in [-0.4, -0.2) is 28.6 Å². The normalized spacial score (nSPS) is 10.8. The first-order valence-electron chi connectivity index (χ1n) is 9.65. The molecule has 0 spiro atoms. The summed E-state index contributed by atoms with van der Waals surface area (Å²) in [5, 5.41) is 14.8. The average Bonchev–Trinajstić information content (AvgIpc) is 2.80. The zero-order chi connectivity index (χ0) is 23.8. The molecule has 0 atom stereocenters. The van der Waals surface area contributed by atoms with Crippen LogP contribution >= 0.6 is 27.5 Å². The third-order valence-electron chi connectivity index (χ3n) is 4.28. The lowest BCUT2D eigenvalue weighted by molar-refractivity contribution is -0.384. The second-order valence-corrected chi connectivity index (χ2v) is 7.72. The monoisotopic (exact) mass is 532 g/mol. The minimum atomic E-state index is -0.492. The summed E-state index contributed by atoms with van der Waals surface area (Å²) in [6.07, 6.45) is 2.94. The number of rotatable bonds is 9. The number of halogens is 2. The number of ether oxygens (including phenoxy) is 2. The third-order valence-corrected chi connectivity index (χ3v) is 5.27. The molecular weight excluding hydrogens is 516 g/mol. The van der Waals surface area contributed by atoms with Crippen molar-refractivity contribution in [1.29, 1.82) is 0 Å². The number of non-ortho nitro benzene ring substituents is 1. The number of nitrogens with one attached hydrogen (secondary N) is 1. The van der Waals surface area contributed by atoms with Crippen LogP contribution in [0, 0.1) is 10.1 Å². The summed E-state index contributed by atoms with van der Waals surface area (Å²) in [6.45, 7) is 2.44. The molecule has 3 aromatic rings. The second kappa shape index (κ2) is 11.4. The molecule has 2 aromatic carbocycles. The van der Waals surface area contributed by atoms with Crippen molar-refractivity contribution >= 4 is 45.3 Å². The molecule has 0 aliphatic rings. The Morgan fingerprint density at radius 3 is 2.64 bits per heavy atom. The molecule has 0 aliphatic carbocycles. The zero-order valence-corrected chi connectivity index (χ0v) is 19.7. The summed E-state index contributed by atoms with van der Waals surface area (Å²) in [5.74, 6) is 0.463. The van der Waals surface area contributed by atoms with Crippen LogP contribution in [0.2, 0.25) is 5.15 Å². The first-order valence-corrected chi connectivity index (χ1v) is 10.8. The van der Waals surface area contributed by atoms with Crippen LogP contribution < -0.4 is 14.9 Å². The molecule has 3 rings (SSSR count). The highest BCUT2D eigenvalue weighted by Gasteiger charge is 2.12. The second-order valence-electron chi connectivity index (χ2n) is 6.51. The molecular formula is C22H18BrClN4O5. The van der Waals surface area contributed by atoms with Crippen molar-refractivity contribution in [3.05, 3.63) is 91.2 Å². The summed E-state index contributed by atoms with van der Waals surface area (Å²) >= 11 is 9.38. The van der Waals surface area contributed by atoms with Crippen molar-refractivity contribution in [1.82, 2.24) is 10.4 Å². The molecule has 11 heteroatoms. The average molecular weight is 534 g/mol. The van der Waals surface area contributed by atoms with E-state index in [2.05, 4.69) is 31.4 Å².